The lowest BCUT2D eigenvalue weighted by atomic mass is 9.93. The monoisotopic (exact) mass is 417 g/mol. The van der Waals surface area contributed by atoms with Gasteiger partial charge in [-0.2, -0.15) is 0 Å². The molecule has 0 fully saturated rings. The summed E-state index contributed by atoms with van der Waals surface area (Å²) in [6.07, 6.45) is 4.87. The van der Waals surface area contributed by atoms with Crippen molar-refractivity contribution in [3.63, 3.8) is 0 Å². The second kappa shape index (κ2) is 6.90. The minimum Gasteiger partial charge on any atom is -0.335 e. The Kier molecular flexibility index (Phi) is 4.67. The summed E-state index contributed by atoms with van der Waals surface area (Å²) in [7, 11) is -3.49. The molecule has 1 aliphatic heterocycles. The number of nitrogens with zero attached hydrogens (tertiary/aromatic N) is 3. The van der Waals surface area contributed by atoms with Crippen molar-refractivity contribution >= 4 is 38.6 Å². The van der Waals surface area contributed by atoms with Gasteiger partial charge in [0.25, 0.3) is 0 Å². The molecule has 4 rings (SSSR count). The van der Waals surface area contributed by atoms with Crippen LogP contribution >= 0.6 is 11.6 Å². The topological polar surface area (TPSA) is 72.3 Å². The molecule has 0 unspecified atom stereocenters. The van der Waals surface area contributed by atoms with Crippen molar-refractivity contribution in [3.05, 3.63) is 64.4 Å². The summed E-state index contributed by atoms with van der Waals surface area (Å²) in [4.78, 5) is 19.1. The Bertz CT molecular complexity index is 1190. The van der Waals surface area contributed by atoms with E-state index in [4.69, 9.17) is 11.6 Å². The van der Waals surface area contributed by atoms with Gasteiger partial charge in [-0.05, 0) is 36.1 Å². The van der Waals surface area contributed by atoms with E-state index in [9.17, 15) is 13.2 Å². The van der Waals surface area contributed by atoms with Crippen LogP contribution in [0.25, 0.3) is 11.0 Å². The highest BCUT2D eigenvalue weighted by Crippen LogP contribution is 2.31. The normalized spacial score (nSPS) is 17.0. The van der Waals surface area contributed by atoms with Crippen LogP contribution in [0.5, 0.6) is 0 Å². The summed E-state index contributed by atoms with van der Waals surface area (Å²) < 4.78 is 25.0. The molecule has 1 amide bonds. The van der Waals surface area contributed by atoms with Crippen LogP contribution in [0, 0.1) is 0 Å². The van der Waals surface area contributed by atoms with Crippen molar-refractivity contribution in [2.24, 2.45) is 0 Å². The molecule has 0 bridgehead atoms. The Morgan fingerprint density at radius 1 is 1.29 bits per heavy atom. The van der Waals surface area contributed by atoms with E-state index in [0.717, 1.165) is 22.2 Å². The number of carbonyl (C=O) groups is 1. The summed E-state index contributed by atoms with van der Waals surface area (Å²) in [5.41, 5.74) is 3.32. The van der Waals surface area contributed by atoms with Crippen molar-refractivity contribution in [3.8, 4) is 0 Å². The molecule has 1 atom stereocenters. The van der Waals surface area contributed by atoms with Crippen molar-refractivity contribution in [1.29, 1.82) is 0 Å². The summed E-state index contributed by atoms with van der Waals surface area (Å²) in [5, 5.41) is 0.938. The molecular weight excluding hydrogens is 398 g/mol. The number of halogens is 1. The highest BCUT2D eigenvalue weighted by Gasteiger charge is 2.28. The Morgan fingerprint density at radius 2 is 2.04 bits per heavy atom. The molecule has 8 heteroatoms. The molecular formula is C20H20ClN3O3S. The first-order valence-electron chi connectivity index (χ1n) is 8.99. The minimum absolute atomic E-state index is 0.0193. The molecule has 2 aromatic heterocycles. The van der Waals surface area contributed by atoms with Crippen LogP contribution < -0.4 is 0 Å². The van der Waals surface area contributed by atoms with Gasteiger partial charge in [-0.15, -0.1) is 0 Å². The van der Waals surface area contributed by atoms with Crippen LogP contribution in [0.3, 0.4) is 0 Å². The molecule has 3 aromatic rings. The van der Waals surface area contributed by atoms with Crippen molar-refractivity contribution in [2.45, 2.75) is 25.8 Å². The Balaban J connectivity index is 1.68. The third kappa shape index (κ3) is 3.18. The second-order valence-electron chi connectivity index (χ2n) is 7.09. The maximum absolute atomic E-state index is 13.1. The van der Waals surface area contributed by atoms with E-state index >= 15 is 0 Å². The fourth-order valence-corrected chi connectivity index (χ4v) is 4.86. The summed E-state index contributed by atoms with van der Waals surface area (Å²) in [6, 6.07) is 9.79. The van der Waals surface area contributed by atoms with Gasteiger partial charge in [0, 0.05) is 24.3 Å². The lowest BCUT2D eigenvalue weighted by Crippen LogP contribution is -2.39. The van der Waals surface area contributed by atoms with E-state index in [0.29, 0.717) is 22.5 Å². The fourth-order valence-electron chi connectivity index (χ4n) is 3.91. The average Bonchev–Trinajstić information content (AvgIpc) is 3.09. The molecule has 1 aliphatic rings. The first-order chi connectivity index (χ1) is 13.3. The number of hydrogen-bond donors (Lipinski definition) is 0. The van der Waals surface area contributed by atoms with Crippen LogP contribution in [0.15, 0.2) is 42.7 Å². The van der Waals surface area contributed by atoms with Crippen LogP contribution in [-0.4, -0.2) is 41.0 Å². The summed E-state index contributed by atoms with van der Waals surface area (Å²) in [5.74, 6) is -0.0384. The predicted molar refractivity (Wildman–Crippen MR) is 109 cm³/mol. The van der Waals surface area contributed by atoms with Gasteiger partial charge in [0.2, 0.25) is 15.9 Å². The lowest BCUT2D eigenvalue weighted by Gasteiger charge is -2.35. The number of carbonyl (C=O) groups excluding carboxylic acids is 1. The molecule has 0 N–H and O–H groups in total. The van der Waals surface area contributed by atoms with Gasteiger partial charge in [-0.1, -0.05) is 35.9 Å². The van der Waals surface area contributed by atoms with Gasteiger partial charge in [0.05, 0.1) is 23.7 Å². The number of fused-ring (bicyclic) bond motifs is 2. The second-order valence-corrected chi connectivity index (χ2v) is 9.35. The SMILES string of the molecule is C[C@H]1c2ccccc2CCN1C(=O)Cc1c(Cl)cnc2c1ccn2S(C)(=O)=O. The van der Waals surface area contributed by atoms with Crippen molar-refractivity contribution in [1.82, 2.24) is 13.9 Å². The highest BCUT2D eigenvalue weighted by molar-refractivity contribution is 7.89. The average molecular weight is 418 g/mol. The third-order valence-electron chi connectivity index (χ3n) is 5.34. The minimum atomic E-state index is -3.49. The Hall–Kier alpha value is -2.38. The quantitative estimate of drug-likeness (QED) is 0.656. The first-order valence-corrected chi connectivity index (χ1v) is 11.2. The standard InChI is InChI=1S/C20H20ClN3O3S/c1-13-15-6-4-3-5-14(15)7-9-23(13)19(25)11-17-16-8-10-24(28(2,26)27)20(16)22-12-18(17)21/h3-6,8,10,12-13H,7,9,11H2,1-2H3/t13-/m0/s1. The van der Waals surface area contributed by atoms with E-state index < -0.39 is 10.0 Å². The first kappa shape index (κ1) is 19.0. The van der Waals surface area contributed by atoms with Crippen molar-refractivity contribution in [2.75, 3.05) is 12.8 Å². The van der Waals surface area contributed by atoms with Crippen LogP contribution in [-0.2, 0) is 27.7 Å². The summed E-state index contributed by atoms with van der Waals surface area (Å²) >= 11 is 6.34. The number of pyridine rings is 1. The molecule has 0 saturated heterocycles. The number of aromatic nitrogens is 2. The fraction of sp³-hybridized carbons (Fsp3) is 0.300. The van der Waals surface area contributed by atoms with Gasteiger partial charge in [-0.3, -0.25) is 4.79 Å². The Labute approximate surface area is 168 Å². The molecule has 0 saturated carbocycles. The van der Waals surface area contributed by atoms with E-state index in [-0.39, 0.29) is 24.0 Å². The zero-order valence-corrected chi connectivity index (χ0v) is 17.2. The number of rotatable bonds is 3. The molecule has 0 radical (unpaired) electrons. The predicted octanol–water partition coefficient (Wildman–Crippen LogP) is 3.19. The van der Waals surface area contributed by atoms with E-state index in [2.05, 4.69) is 17.1 Å². The molecule has 0 aliphatic carbocycles. The zero-order valence-electron chi connectivity index (χ0n) is 15.6. The van der Waals surface area contributed by atoms with Crippen LogP contribution in [0.2, 0.25) is 5.02 Å². The largest absolute Gasteiger partial charge is 0.335 e. The molecule has 146 valence electrons. The van der Waals surface area contributed by atoms with Crippen LogP contribution in [0.1, 0.15) is 29.7 Å². The van der Waals surface area contributed by atoms with Gasteiger partial charge in [0.15, 0.2) is 5.65 Å². The van der Waals surface area contributed by atoms with Gasteiger partial charge < -0.3 is 4.90 Å². The number of hydrogen-bond acceptors (Lipinski definition) is 4. The highest BCUT2D eigenvalue weighted by atomic mass is 35.5. The van der Waals surface area contributed by atoms with Gasteiger partial charge in [0.1, 0.15) is 0 Å². The van der Waals surface area contributed by atoms with E-state index in [1.165, 1.54) is 18.0 Å². The van der Waals surface area contributed by atoms with E-state index in [1.54, 1.807) is 6.07 Å². The molecule has 1 aromatic carbocycles. The van der Waals surface area contributed by atoms with E-state index in [1.807, 2.05) is 24.0 Å². The molecule has 28 heavy (non-hydrogen) atoms. The zero-order chi connectivity index (χ0) is 20.1. The van der Waals surface area contributed by atoms with Crippen molar-refractivity contribution < 1.29 is 13.2 Å². The molecule has 0 spiro atoms. The summed E-state index contributed by atoms with van der Waals surface area (Å²) in [6.45, 7) is 2.67. The maximum Gasteiger partial charge on any atom is 0.237 e. The maximum atomic E-state index is 13.1. The third-order valence-corrected chi connectivity index (χ3v) is 6.68. The number of amides is 1. The van der Waals surface area contributed by atoms with Gasteiger partial charge in [-0.25, -0.2) is 17.4 Å². The molecule has 6 nitrogen and oxygen atoms in total. The van der Waals surface area contributed by atoms with Crippen LogP contribution in [0.4, 0.5) is 0 Å². The Morgan fingerprint density at radius 3 is 2.79 bits per heavy atom. The molecule has 3 heterocycles. The lowest BCUT2D eigenvalue weighted by molar-refractivity contribution is -0.133. The smallest absolute Gasteiger partial charge is 0.237 e. The number of benzene rings is 1. The van der Waals surface area contributed by atoms with Gasteiger partial charge >= 0.3 is 0 Å².